The van der Waals surface area contributed by atoms with Gasteiger partial charge in [-0.05, 0) is 30.3 Å². The second kappa shape index (κ2) is 7.83. The highest BCUT2D eigenvalue weighted by Crippen LogP contribution is 2.19. The lowest BCUT2D eigenvalue weighted by atomic mass is 10.2. The molecule has 0 radical (unpaired) electrons. The van der Waals surface area contributed by atoms with Gasteiger partial charge in [-0.15, -0.1) is 0 Å². The molecule has 1 saturated heterocycles. The lowest BCUT2D eigenvalue weighted by Gasteiger charge is -2.33. The molecule has 2 N–H and O–H groups in total. The van der Waals surface area contributed by atoms with Crippen molar-refractivity contribution in [2.24, 2.45) is 0 Å². The Morgan fingerprint density at radius 1 is 1.21 bits per heavy atom. The molecule has 126 valence electrons. The molecule has 1 aromatic carbocycles. The summed E-state index contributed by atoms with van der Waals surface area (Å²) in [6.45, 7) is 4.03. The Morgan fingerprint density at radius 3 is 2.71 bits per heavy atom. The van der Waals surface area contributed by atoms with Crippen LogP contribution in [0.2, 0.25) is 10.2 Å². The van der Waals surface area contributed by atoms with Crippen LogP contribution in [0.25, 0.3) is 0 Å². The summed E-state index contributed by atoms with van der Waals surface area (Å²) in [7, 11) is 0. The van der Waals surface area contributed by atoms with Crippen molar-refractivity contribution >= 4 is 40.5 Å². The Hall–Kier alpha value is -1.82. The van der Waals surface area contributed by atoms with Crippen LogP contribution in [0.5, 0.6) is 0 Å². The number of nitrogens with one attached hydrogen (secondary N) is 2. The Bertz CT molecular complexity index is 717. The standard InChI is InChI=1S/C17H18Cl2N4O/c18-13-3-1-4-14(11-13)23-9-7-22(8-10-23)12-16(24)21-15-5-2-6-20-17(15)19/h1-6,11H,7-10,12H2,(H,21,24)/p+1. The van der Waals surface area contributed by atoms with E-state index in [2.05, 4.69) is 21.3 Å². The number of hydrogen-bond donors (Lipinski definition) is 2. The summed E-state index contributed by atoms with van der Waals surface area (Å²) in [6, 6.07) is 11.4. The molecule has 1 fully saturated rings. The first-order valence-electron chi connectivity index (χ1n) is 7.86. The van der Waals surface area contributed by atoms with Gasteiger partial charge in [0.05, 0.1) is 31.9 Å². The third-order valence-corrected chi connectivity index (χ3v) is 4.62. The van der Waals surface area contributed by atoms with Gasteiger partial charge in [0, 0.05) is 16.9 Å². The van der Waals surface area contributed by atoms with Crippen molar-refractivity contribution in [3.05, 3.63) is 52.8 Å². The van der Waals surface area contributed by atoms with Crippen LogP contribution in [-0.2, 0) is 4.79 Å². The molecular weight excluding hydrogens is 347 g/mol. The van der Waals surface area contributed by atoms with Crippen molar-refractivity contribution in [2.45, 2.75) is 0 Å². The number of rotatable bonds is 4. The summed E-state index contributed by atoms with van der Waals surface area (Å²) in [6.07, 6.45) is 1.60. The molecule has 0 atom stereocenters. The summed E-state index contributed by atoms with van der Waals surface area (Å²) >= 11 is 12.0. The zero-order valence-electron chi connectivity index (χ0n) is 13.1. The molecule has 24 heavy (non-hydrogen) atoms. The normalized spacial score (nSPS) is 15.3. The van der Waals surface area contributed by atoms with Crippen molar-refractivity contribution < 1.29 is 9.69 Å². The largest absolute Gasteiger partial charge is 0.360 e. The van der Waals surface area contributed by atoms with Crippen molar-refractivity contribution in [1.29, 1.82) is 0 Å². The zero-order chi connectivity index (χ0) is 16.9. The Labute approximate surface area is 151 Å². The Balaban J connectivity index is 1.50. The summed E-state index contributed by atoms with van der Waals surface area (Å²) in [5, 5.41) is 3.88. The molecule has 1 aliphatic rings. The SMILES string of the molecule is O=C(C[NH+]1CCN(c2cccc(Cl)c2)CC1)Nc1cccnc1Cl. The van der Waals surface area contributed by atoms with Crippen molar-refractivity contribution in [1.82, 2.24) is 4.98 Å². The van der Waals surface area contributed by atoms with Gasteiger partial charge in [0.2, 0.25) is 0 Å². The van der Waals surface area contributed by atoms with Gasteiger partial charge in [0.1, 0.15) is 0 Å². The fourth-order valence-corrected chi connectivity index (χ4v) is 3.18. The van der Waals surface area contributed by atoms with E-state index in [4.69, 9.17) is 23.2 Å². The third kappa shape index (κ3) is 4.38. The predicted octanol–water partition coefficient (Wildman–Crippen LogP) is 1.73. The molecule has 0 saturated carbocycles. The van der Waals surface area contributed by atoms with Crippen molar-refractivity contribution in [2.75, 3.05) is 42.9 Å². The average Bonchev–Trinajstić information content (AvgIpc) is 2.58. The molecule has 1 aliphatic heterocycles. The predicted molar refractivity (Wildman–Crippen MR) is 97.1 cm³/mol. The highest BCUT2D eigenvalue weighted by atomic mass is 35.5. The van der Waals surface area contributed by atoms with E-state index in [0.29, 0.717) is 17.4 Å². The first kappa shape index (κ1) is 17.0. The molecule has 1 aromatic heterocycles. The van der Waals surface area contributed by atoms with E-state index in [1.54, 1.807) is 18.3 Å². The number of benzene rings is 1. The minimum atomic E-state index is -0.0453. The summed E-state index contributed by atoms with van der Waals surface area (Å²) in [5.74, 6) is -0.0453. The number of carbonyl (C=O) groups excluding carboxylic acids is 1. The van der Waals surface area contributed by atoms with Crippen LogP contribution in [-0.4, -0.2) is 43.6 Å². The van der Waals surface area contributed by atoms with Gasteiger partial charge >= 0.3 is 0 Å². The highest BCUT2D eigenvalue weighted by Gasteiger charge is 2.22. The number of piperazine rings is 1. The molecule has 0 spiro atoms. The fraction of sp³-hybridized carbons (Fsp3) is 0.294. The molecule has 0 bridgehead atoms. The van der Waals surface area contributed by atoms with E-state index in [1.807, 2.05) is 18.2 Å². The third-order valence-electron chi connectivity index (χ3n) is 4.09. The molecule has 0 aliphatic carbocycles. The van der Waals surface area contributed by atoms with E-state index in [9.17, 15) is 4.79 Å². The number of amides is 1. The number of pyridine rings is 1. The van der Waals surface area contributed by atoms with E-state index in [-0.39, 0.29) is 5.91 Å². The van der Waals surface area contributed by atoms with Crippen LogP contribution in [0.1, 0.15) is 0 Å². The highest BCUT2D eigenvalue weighted by molar-refractivity contribution is 6.32. The van der Waals surface area contributed by atoms with Crippen molar-refractivity contribution in [3.63, 3.8) is 0 Å². The van der Waals surface area contributed by atoms with Crippen molar-refractivity contribution in [3.8, 4) is 0 Å². The number of halogens is 2. The van der Waals surface area contributed by atoms with Crippen LogP contribution in [0.15, 0.2) is 42.6 Å². The van der Waals surface area contributed by atoms with Gasteiger partial charge < -0.3 is 15.1 Å². The molecule has 2 heterocycles. The van der Waals surface area contributed by atoms with Gasteiger partial charge in [-0.2, -0.15) is 0 Å². The maximum atomic E-state index is 12.2. The molecule has 2 aromatic rings. The first-order chi connectivity index (χ1) is 11.6. The second-order valence-corrected chi connectivity index (χ2v) is 6.58. The van der Waals surface area contributed by atoms with Gasteiger partial charge in [-0.25, -0.2) is 4.98 Å². The van der Waals surface area contributed by atoms with Crippen LogP contribution in [0.3, 0.4) is 0 Å². The van der Waals surface area contributed by atoms with E-state index in [0.717, 1.165) is 36.9 Å². The average molecular weight is 366 g/mol. The molecule has 5 nitrogen and oxygen atoms in total. The van der Waals surface area contributed by atoms with Crippen LogP contribution in [0.4, 0.5) is 11.4 Å². The molecule has 0 unspecified atom stereocenters. The molecular formula is C17H19Cl2N4O+. The van der Waals surface area contributed by atoms with Crippen LogP contribution < -0.4 is 15.1 Å². The molecule has 1 amide bonds. The van der Waals surface area contributed by atoms with Crippen LogP contribution in [0, 0.1) is 0 Å². The van der Waals surface area contributed by atoms with Gasteiger partial charge in [0.25, 0.3) is 5.91 Å². The number of nitrogens with zero attached hydrogens (tertiary/aromatic N) is 2. The Kier molecular flexibility index (Phi) is 5.56. The lowest BCUT2D eigenvalue weighted by molar-refractivity contribution is -0.892. The van der Waals surface area contributed by atoms with E-state index < -0.39 is 0 Å². The van der Waals surface area contributed by atoms with E-state index in [1.165, 1.54) is 4.90 Å². The number of carbonyl (C=O) groups is 1. The first-order valence-corrected chi connectivity index (χ1v) is 8.62. The number of aromatic nitrogens is 1. The second-order valence-electron chi connectivity index (χ2n) is 5.78. The maximum Gasteiger partial charge on any atom is 0.279 e. The van der Waals surface area contributed by atoms with Crippen LogP contribution >= 0.6 is 23.2 Å². The smallest absolute Gasteiger partial charge is 0.279 e. The van der Waals surface area contributed by atoms with Gasteiger partial charge in [-0.1, -0.05) is 29.3 Å². The maximum absolute atomic E-state index is 12.2. The summed E-state index contributed by atoms with van der Waals surface area (Å²) in [5.41, 5.74) is 1.69. The minimum Gasteiger partial charge on any atom is -0.360 e. The van der Waals surface area contributed by atoms with Gasteiger partial charge in [0.15, 0.2) is 11.7 Å². The number of hydrogen-bond acceptors (Lipinski definition) is 3. The minimum absolute atomic E-state index is 0.0453. The number of anilines is 2. The molecule has 3 rings (SSSR count). The monoisotopic (exact) mass is 365 g/mol. The van der Waals surface area contributed by atoms with Gasteiger partial charge in [-0.3, -0.25) is 4.79 Å². The fourth-order valence-electron chi connectivity index (χ4n) is 2.83. The number of quaternary nitrogens is 1. The summed E-state index contributed by atoms with van der Waals surface area (Å²) in [4.78, 5) is 19.7. The zero-order valence-corrected chi connectivity index (χ0v) is 14.6. The van der Waals surface area contributed by atoms with E-state index >= 15 is 0 Å². The summed E-state index contributed by atoms with van der Waals surface area (Å²) < 4.78 is 0. The molecule has 7 heteroatoms. The quantitative estimate of drug-likeness (QED) is 0.811. The topological polar surface area (TPSA) is 49.7 Å². The lowest BCUT2D eigenvalue weighted by Crippen LogP contribution is -3.15. The Morgan fingerprint density at radius 2 is 2.00 bits per heavy atom.